The lowest BCUT2D eigenvalue weighted by Crippen LogP contribution is -2.41. The van der Waals surface area contributed by atoms with Gasteiger partial charge in [0.1, 0.15) is 5.75 Å². The fourth-order valence-corrected chi connectivity index (χ4v) is 6.31. The molecule has 8 nitrogen and oxygen atoms in total. The number of sulfonamides is 1. The van der Waals surface area contributed by atoms with Crippen molar-refractivity contribution in [3.8, 4) is 5.75 Å². The number of carbonyl (C=O) groups excluding carboxylic acids is 2. The first-order chi connectivity index (χ1) is 14.9. The van der Waals surface area contributed by atoms with E-state index >= 15 is 0 Å². The van der Waals surface area contributed by atoms with Gasteiger partial charge in [-0.15, -0.1) is 0 Å². The van der Waals surface area contributed by atoms with Crippen LogP contribution in [-0.2, 0) is 30.9 Å². The number of ether oxygens (including phenoxy) is 2. The van der Waals surface area contributed by atoms with Crippen molar-refractivity contribution in [2.75, 3.05) is 25.1 Å². The van der Waals surface area contributed by atoms with Crippen molar-refractivity contribution < 1.29 is 27.5 Å². The van der Waals surface area contributed by atoms with E-state index in [1.54, 1.807) is 31.2 Å². The molecule has 1 aliphatic heterocycles. The minimum atomic E-state index is -3.76. The predicted molar refractivity (Wildman–Crippen MR) is 114 cm³/mol. The van der Waals surface area contributed by atoms with Gasteiger partial charge in [-0.25, -0.2) is 13.2 Å². The minimum absolute atomic E-state index is 0.201. The molecule has 0 aromatic heterocycles. The van der Waals surface area contributed by atoms with E-state index in [9.17, 15) is 18.0 Å². The second-order valence-electron chi connectivity index (χ2n) is 7.65. The third kappa shape index (κ3) is 4.03. The maximum Gasteiger partial charge on any atom is 0.344 e. The standard InChI is InChI=1S/C22H24N2O6S/c1-2-29-20(25)15-30-19-10-8-18(9-11-19)23-21(26)22-12-17(22)14-24(31(22,27)28)13-16-6-4-3-5-7-16/h3-11,17H,2,12-15H2,1H3,(H,23,26). The third-order valence-electron chi connectivity index (χ3n) is 5.63. The number of nitrogens with one attached hydrogen (secondary N) is 1. The number of nitrogens with zero attached hydrogens (tertiary/aromatic N) is 1. The molecule has 1 aliphatic carbocycles. The van der Waals surface area contributed by atoms with Crippen LogP contribution in [0.25, 0.3) is 0 Å². The van der Waals surface area contributed by atoms with Crippen molar-refractivity contribution in [1.82, 2.24) is 4.31 Å². The number of esters is 1. The average molecular weight is 445 g/mol. The van der Waals surface area contributed by atoms with Crippen LogP contribution in [0.1, 0.15) is 18.9 Å². The Morgan fingerprint density at radius 2 is 1.84 bits per heavy atom. The molecule has 1 heterocycles. The van der Waals surface area contributed by atoms with E-state index in [4.69, 9.17) is 9.47 Å². The number of fused-ring (bicyclic) bond motifs is 1. The van der Waals surface area contributed by atoms with E-state index in [0.29, 0.717) is 24.4 Å². The molecule has 2 fully saturated rings. The van der Waals surface area contributed by atoms with E-state index in [2.05, 4.69) is 5.32 Å². The highest BCUT2D eigenvalue weighted by molar-refractivity contribution is 7.92. The number of carbonyl (C=O) groups is 2. The van der Waals surface area contributed by atoms with Gasteiger partial charge in [0.05, 0.1) is 6.61 Å². The second kappa shape index (κ2) is 8.32. The molecule has 0 spiro atoms. The molecule has 1 saturated heterocycles. The summed E-state index contributed by atoms with van der Waals surface area (Å²) in [7, 11) is -3.76. The second-order valence-corrected chi connectivity index (χ2v) is 9.84. The van der Waals surface area contributed by atoms with Gasteiger partial charge in [-0.1, -0.05) is 30.3 Å². The topological polar surface area (TPSA) is 102 Å². The van der Waals surface area contributed by atoms with Crippen molar-refractivity contribution in [2.45, 2.75) is 24.6 Å². The maximum atomic E-state index is 13.2. The molecule has 2 atom stereocenters. The Morgan fingerprint density at radius 3 is 2.52 bits per heavy atom. The SMILES string of the molecule is CCOC(=O)COc1ccc(NC(=O)C23CC2CN(Cc2ccccc2)S3(=O)=O)cc1. The summed E-state index contributed by atoms with van der Waals surface area (Å²) < 4.78 is 36.4. The van der Waals surface area contributed by atoms with E-state index in [1.807, 2.05) is 30.3 Å². The first kappa shape index (κ1) is 21.3. The summed E-state index contributed by atoms with van der Waals surface area (Å²) in [5, 5.41) is 2.73. The lowest BCUT2D eigenvalue weighted by atomic mass is 10.2. The number of rotatable bonds is 8. The van der Waals surface area contributed by atoms with Gasteiger partial charge in [-0.3, -0.25) is 4.79 Å². The third-order valence-corrected chi connectivity index (χ3v) is 8.20. The zero-order valence-electron chi connectivity index (χ0n) is 17.1. The fourth-order valence-electron chi connectivity index (χ4n) is 3.96. The normalized spacial score (nSPS) is 23.6. The molecule has 1 saturated carbocycles. The van der Waals surface area contributed by atoms with Gasteiger partial charge in [0.2, 0.25) is 15.9 Å². The Labute approximate surface area is 181 Å². The lowest BCUT2D eigenvalue weighted by Gasteiger charge is -2.21. The molecule has 1 N–H and O–H groups in total. The number of hydrogen-bond donors (Lipinski definition) is 1. The lowest BCUT2D eigenvalue weighted by molar-refractivity contribution is -0.145. The number of anilines is 1. The maximum absolute atomic E-state index is 13.2. The highest BCUT2D eigenvalue weighted by Crippen LogP contribution is 2.58. The van der Waals surface area contributed by atoms with Gasteiger partial charge in [0.25, 0.3) is 0 Å². The summed E-state index contributed by atoms with van der Waals surface area (Å²) in [6, 6.07) is 15.8. The Kier molecular flexibility index (Phi) is 5.72. The zero-order valence-corrected chi connectivity index (χ0v) is 17.9. The number of amides is 1. The minimum Gasteiger partial charge on any atom is -0.482 e. The molecule has 0 bridgehead atoms. The molecule has 31 heavy (non-hydrogen) atoms. The molecule has 2 aliphatic rings. The molecule has 2 aromatic rings. The van der Waals surface area contributed by atoms with Crippen LogP contribution < -0.4 is 10.1 Å². The van der Waals surface area contributed by atoms with Gasteiger partial charge < -0.3 is 14.8 Å². The molecule has 2 aromatic carbocycles. The zero-order chi connectivity index (χ0) is 22.1. The van der Waals surface area contributed by atoms with Crippen LogP contribution in [0.2, 0.25) is 0 Å². The monoisotopic (exact) mass is 444 g/mol. The first-order valence-corrected chi connectivity index (χ1v) is 11.5. The number of benzene rings is 2. The average Bonchev–Trinajstić information content (AvgIpc) is 3.45. The summed E-state index contributed by atoms with van der Waals surface area (Å²) in [6.45, 7) is 2.40. The summed E-state index contributed by atoms with van der Waals surface area (Å²) >= 11 is 0. The van der Waals surface area contributed by atoms with E-state index in [1.165, 1.54) is 4.31 Å². The van der Waals surface area contributed by atoms with E-state index in [0.717, 1.165) is 5.56 Å². The molecule has 2 unspecified atom stereocenters. The van der Waals surface area contributed by atoms with Crippen molar-refractivity contribution in [3.63, 3.8) is 0 Å². The van der Waals surface area contributed by atoms with Crippen LogP contribution in [0, 0.1) is 5.92 Å². The quantitative estimate of drug-likeness (QED) is 0.626. The Hall–Kier alpha value is -2.91. The highest BCUT2D eigenvalue weighted by atomic mass is 32.2. The van der Waals surface area contributed by atoms with Gasteiger partial charge in [0.15, 0.2) is 11.4 Å². The predicted octanol–water partition coefficient (Wildman–Crippen LogP) is 2.17. The molecule has 0 radical (unpaired) electrons. The molecular weight excluding hydrogens is 420 g/mol. The van der Waals surface area contributed by atoms with Crippen molar-refractivity contribution >= 4 is 27.6 Å². The van der Waals surface area contributed by atoms with Crippen LogP contribution in [-0.4, -0.2) is 49.1 Å². The fraction of sp³-hybridized carbons (Fsp3) is 0.364. The molecular formula is C22H24N2O6S. The molecule has 4 rings (SSSR count). The van der Waals surface area contributed by atoms with Crippen molar-refractivity contribution in [1.29, 1.82) is 0 Å². The van der Waals surface area contributed by atoms with Gasteiger partial charge in [-0.05, 0) is 43.2 Å². The molecule has 1 amide bonds. The van der Waals surface area contributed by atoms with Crippen LogP contribution in [0.5, 0.6) is 5.75 Å². The van der Waals surface area contributed by atoms with Crippen molar-refractivity contribution in [2.24, 2.45) is 5.92 Å². The summed E-state index contributed by atoms with van der Waals surface area (Å²) in [5.41, 5.74) is 1.35. The van der Waals surface area contributed by atoms with E-state index < -0.39 is 26.6 Å². The molecule has 9 heteroatoms. The van der Waals surface area contributed by atoms with Gasteiger partial charge in [-0.2, -0.15) is 4.31 Å². The largest absolute Gasteiger partial charge is 0.482 e. The van der Waals surface area contributed by atoms with Crippen LogP contribution in [0.4, 0.5) is 5.69 Å². The molecule has 164 valence electrons. The van der Waals surface area contributed by atoms with Gasteiger partial charge in [0, 0.05) is 24.7 Å². The van der Waals surface area contributed by atoms with Crippen LogP contribution in [0.3, 0.4) is 0 Å². The first-order valence-electron chi connectivity index (χ1n) is 10.1. The number of hydrogen-bond acceptors (Lipinski definition) is 6. The van der Waals surface area contributed by atoms with Crippen LogP contribution >= 0.6 is 0 Å². The highest BCUT2D eigenvalue weighted by Gasteiger charge is 2.75. The van der Waals surface area contributed by atoms with Gasteiger partial charge >= 0.3 is 5.97 Å². The van der Waals surface area contributed by atoms with Crippen molar-refractivity contribution in [3.05, 3.63) is 60.2 Å². The Morgan fingerprint density at radius 1 is 1.13 bits per heavy atom. The van der Waals surface area contributed by atoms with Crippen LogP contribution in [0.15, 0.2) is 54.6 Å². The summed E-state index contributed by atoms with van der Waals surface area (Å²) in [4.78, 5) is 24.3. The summed E-state index contributed by atoms with van der Waals surface area (Å²) in [6.07, 6.45) is 0.340. The Balaban J connectivity index is 1.39. The van der Waals surface area contributed by atoms with E-state index in [-0.39, 0.29) is 25.7 Å². The summed E-state index contributed by atoms with van der Waals surface area (Å²) in [5.74, 6) is -0.733. The Bertz CT molecular complexity index is 1070. The smallest absolute Gasteiger partial charge is 0.344 e.